The van der Waals surface area contributed by atoms with E-state index < -0.39 is 30.5 Å². The van der Waals surface area contributed by atoms with Gasteiger partial charge in [-0.05, 0) is 53.9 Å². The van der Waals surface area contributed by atoms with Gasteiger partial charge in [-0.3, -0.25) is 0 Å². The number of aliphatic hydroxyl groups is 3. The van der Waals surface area contributed by atoms with Crippen LogP contribution < -0.4 is 5.73 Å². The second-order valence-corrected chi connectivity index (χ2v) is 8.03. The molecule has 0 saturated carbocycles. The Bertz CT molecular complexity index is 782. The Balaban J connectivity index is 1.66. The lowest BCUT2D eigenvalue weighted by atomic mass is 9.86. The molecule has 0 bridgehead atoms. The van der Waals surface area contributed by atoms with Crippen LogP contribution in [0.2, 0.25) is 0 Å². The minimum absolute atomic E-state index is 0.321. The maximum absolute atomic E-state index is 10.7. The lowest BCUT2D eigenvalue weighted by molar-refractivity contribution is -0.191. The summed E-state index contributed by atoms with van der Waals surface area (Å²) in [6, 6.07) is 3.38. The number of hydrogen-bond acceptors (Lipinski definition) is 5. The number of hydrogen-bond donors (Lipinski definition) is 4. The highest BCUT2D eigenvalue weighted by Crippen LogP contribution is 2.36. The van der Waals surface area contributed by atoms with Crippen LogP contribution in [-0.4, -0.2) is 46.3 Å². The Morgan fingerprint density at radius 3 is 2.46 bits per heavy atom. The van der Waals surface area contributed by atoms with Gasteiger partial charge in [-0.15, -0.1) is 0 Å². The van der Waals surface area contributed by atoms with Crippen molar-refractivity contribution in [3.8, 4) is 0 Å². The van der Waals surface area contributed by atoms with E-state index in [1.165, 1.54) is 16.7 Å². The first kappa shape index (κ1) is 19.6. The highest BCUT2D eigenvalue weighted by Gasteiger charge is 2.43. The standard InChI is InChI=1S/C23H29NO4/c24-20-21(26)19(13-25)28-23(22(20)27)17-11-15-8-5-9-18(15)16(12-17)10-14-6-3-1-2-4-7-14/h1-4,6-7,11-12,14,19-23,25-27H,5,8-10,13,24H2. The van der Waals surface area contributed by atoms with E-state index in [1.807, 2.05) is 12.2 Å². The van der Waals surface area contributed by atoms with Gasteiger partial charge in [0.2, 0.25) is 0 Å². The molecule has 2 aliphatic carbocycles. The van der Waals surface area contributed by atoms with E-state index in [-0.39, 0.29) is 6.61 Å². The predicted octanol–water partition coefficient (Wildman–Crippen LogP) is 1.50. The molecule has 0 spiro atoms. The number of fused-ring (bicyclic) bond motifs is 1. The predicted molar refractivity (Wildman–Crippen MR) is 108 cm³/mol. The highest BCUT2D eigenvalue weighted by molar-refractivity contribution is 5.44. The minimum atomic E-state index is -1.08. The summed E-state index contributed by atoms with van der Waals surface area (Å²) in [5.41, 5.74) is 10.9. The summed E-state index contributed by atoms with van der Waals surface area (Å²) in [7, 11) is 0. The van der Waals surface area contributed by atoms with Gasteiger partial charge in [0.05, 0.1) is 12.6 Å². The van der Waals surface area contributed by atoms with Crippen LogP contribution in [-0.2, 0) is 24.0 Å². The van der Waals surface area contributed by atoms with Crippen LogP contribution in [0.1, 0.15) is 34.8 Å². The molecular formula is C23H29NO4. The zero-order chi connectivity index (χ0) is 19.7. The highest BCUT2D eigenvalue weighted by atomic mass is 16.5. The van der Waals surface area contributed by atoms with Crippen molar-refractivity contribution in [1.29, 1.82) is 0 Å². The van der Waals surface area contributed by atoms with Gasteiger partial charge >= 0.3 is 0 Å². The lowest BCUT2D eigenvalue weighted by Crippen LogP contribution is -2.59. The number of ether oxygens (including phenoxy) is 1. The molecule has 1 aliphatic heterocycles. The largest absolute Gasteiger partial charge is 0.394 e. The van der Waals surface area contributed by atoms with E-state index >= 15 is 0 Å². The summed E-state index contributed by atoms with van der Waals surface area (Å²) in [4.78, 5) is 0. The first-order chi connectivity index (χ1) is 13.6. The summed E-state index contributed by atoms with van der Waals surface area (Å²) < 4.78 is 5.87. The molecule has 1 fully saturated rings. The van der Waals surface area contributed by atoms with E-state index in [1.54, 1.807) is 0 Å². The topological polar surface area (TPSA) is 95.9 Å². The molecule has 1 saturated heterocycles. The van der Waals surface area contributed by atoms with Gasteiger partial charge in [-0.25, -0.2) is 0 Å². The molecular weight excluding hydrogens is 354 g/mol. The molecule has 0 amide bonds. The van der Waals surface area contributed by atoms with Crippen molar-refractivity contribution < 1.29 is 20.1 Å². The Kier molecular flexibility index (Phi) is 5.80. The molecule has 150 valence electrons. The third-order valence-corrected chi connectivity index (χ3v) is 6.15. The van der Waals surface area contributed by atoms with Crippen molar-refractivity contribution in [2.24, 2.45) is 11.7 Å². The molecule has 5 nitrogen and oxygen atoms in total. The van der Waals surface area contributed by atoms with Crippen molar-refractivity contribution in [2.45, 2.75) is 56.1 Å². The number of benzene rings is 1. The summed E-state index contributed by atoms with van der Waals surface area (Å²) in [6.07, 6.45) is 13.2. The Morgan fingerprint density at radius 2 is 1.75 bits per heavy atom. The average Bonchev–Trinajstić information content (AvgIpc) is 3.03. The van der Waals surface area contributed by atoms with E-state index in [0.29, 0.717) is 5.92 Å². The van der Waals surface area contributed by atoms with Crippen LogP contribution in [0.15, 0.2) is 48.6 Å². The number of aliphatic hydroxyl groups excluding tert-OH is 3. The number of aryl methyl sites for hydroxylation is 1. The van der Waals surface area contributed by atoms with E-state index in [4.69, 9.17) is 10.5 Å². The van der Waals surface area contributed by atoms with E-state index in [0.717, 1.165) is 31.2 Å². The molecule has 5 heteroatoms. The van der Waals surface area contributed by atoms with Crippen LogP contribution in [0.4, 0.5) is 0 Å². The first-order valence-electron chi connectivity index (χ1n) is 10.1. The average molecular weight is 383 g/mol. The quantitative estimate of drug-likeness (QED) is 0.632. The Labute approximate surface area is 165 Å². The molecule has 28 heavy (non-hydrogen) atoms. The second-order valence-electron chi connectivity index (χ2n) is 8.03. The van der Waals surface area contributed by atoms with Gasteiger partial charge in [0.1, 0.15) is 24.4 Å². The summed E-state index contributed by atoms with van der Waals surface area (Å²) >= 11 is 0. The molecule has 1 heterocycles. The third kappa shape index (κ3) is 3.73. The zero-order valence-corrected chi connectivity index (χ0v) is 15.9. The van der Waals surface area contributed by atoms with Gasteiger partial charge in [0, 0.05) is 0 Å². The molecule has 0 radical (unpaired) electrons. The van der Waals surface area contributed by atoms with E-state index in [2.05, 4.69) is 36.4 Å². The van der Waals surface area contributed by atoms with Crippen molar-refractivity contribution >= 4 is 0 Å². The van der Waals surface area contributed by atoms with Gasteiger partial charge in [0.25, 0.3) is 0 Å². The second kappa shape index (κ2) is 8.31. The van der Waals surface area contributed by atoms with Crippen molar-refractivity contribution in [3.05, 3.63) is 70.8 Å². The number of rotatable bonds is 4. The molecule has 0 aromatic heterocycles. The molecule has 5 N–H and O–H groups in total. The van der Waals surface area contributed by atoms with Crippen molar-refractivity contribution in [3.63, 3.8) is 0 Å². The molecule has 3 aliphatic rings. The van der Waals surface area contributed by atoms with Gasteiger partial charge in [-0.2, -0.15) is 0 Å². The van der Waals surface area contributed by atoms with Gasteiger partial charge in [-0.1, -0.05) is 48.6 Å². The molecule has 5 unspecified atom stereocenters. The normalized spacial score (nSPS) is 32.5. The maximum atomic E-state index is 10.7. The SMILES string of the molecule is NC1C(O)C(CO)OC(c2cc3c(c(CC4C=CC=CC=C4)c2)CCC3)C1O. The molecule has 1 aromatic rings. The summed E-state index contributed by atoms with van der Waals surface area (Å²) in [6.45, 7) is -0.333. The van der Waals surface area contributed by atoms with Gasteiger partial charge < -0.3 is 25.8 Å². The van der Waals surface area contributed by atoms with Crippen LogP contribution in [0.25, 0.3) is 0 Å². The summed E-state index contributed by atoms with van der Waals surface area (Å²) in [5.74, 6) is 0.321. The van der Waals surface area contributed by atoms with Gasteiger partial charge in [0.15, 0.2) is 0 Å². The van der Waals surface area contributed by atoms with Crippen LogP contribution in [0.3, 0.4) is 0 Å². The fourth-order valence-electron chi connectivity index (χ4n) is 4.59. The first-order valence-corrected chi connectivity index (χ1v) is 10.1. The zero-order valence-electron chi connectivity index (χ0n) is 15.9. The van der Waals surface area contributed by atoms with Crippen molar-refractivity contribution in [1.82, 2.24) is 0 Å². The Morgan fingerprint density at radius 1 is 1.00 bits per heavy atom. The van der Waals surface area contributed by atoms with E-state index in [9.17, 15) is 15.3 Å². The van der Waals surface area contributed by atoms with Crippen LogP contribution >= 0.6 is 0 Å². The Hall–Kier alpha value is -1.76. The fourth-order valence-corrected chi connectivity index (χ4v) is 4.59. The fraction of sp³-hybridized carbons (Fsp3) is 0.478. The smallest absolute Gasteiger partial charge is 0.111 e. The monoisotopic (exact) mass is 383 g/mol. The summed E-state index contributed by atoms with van der Waals surface area (Å²) in [5, 5.41) is 30.3. The third-order valence-electron chi connectivity index (χ3n) is 6.15. The molecule has 4 rings (SSSR count). The minimum Gasteiger partial charge on any atom is -0.394 e. The maximum Gasteiger partial charge on any atom is 0.111 e. The molecule has 5 atom stereocenters. The van der Waals surface area contributed by atoms with Crippen LogP contribution in [0.5, 0.6) is 0 Å². The van der Waals surface area contributed by atoms with Crippen molar-refractivity contribution in [2.75, 3.05) is 6.61 Å². The number of allylic oxidation sites excluding steroid dienone is 6. The number of nitrogens with two attached hydrogens (primary N) is 1. The van der Waals surface area contributed by atoms with Crippen LogP contribution in [0, 0.1) is 5.92 Å². The lowest BCUT2D eigenvalue weighted by Gasteiger charge is -2.41. The molecule has 1 aromatic carbocycles.